The number of benzene rings is 2. The van der Waals surface area contributed by atoms with Gasteiger partial charge in [0.15, 0.2) is 11.9 Å². The molecule has 1 unspecified atom stereocenters. The van der Waals surface area contributed by atoms with Crippen molar-refractivity contribution in [1.82, 2.24) is 15.2 Å². The molecule has 0 radical (unpaired) electrons. The first-order valence-corrected chi connectivity index (χ1v) is 14.0. The second-order valence-electron chi connectivity index (χ2n) is 9.29. The molecule has 2 aromatic carbocycles. The van der Waals surface area contributed by atoms with E-state index in [1.807, 2.05) is 36.4 Å². The molecule has 0 saturated heterocycles. The van der Waals surface area contributed by atoms with E-state index in [1.165, 1.54) is 38.5 Å². The highest BCUT2D eigenvalue weighted by molar-refractivity contribution is 7.99. The smallest absolute Gasteiger partial charge is 0.247 e. The number of nitrogens with zero attached hydrogens (tertiary/aromatic N) is 3. The van der Waals surface area contributed by atoms with Gasteiger partial charge in [-0.1, -0.05) is 62.6 Å². The Bertz CT molecular complexity index is 1100. The minimum absolute atomic E-state index is 0.345. The van der Waals surface area contributed by atoms with Crippen LogP contribution in [-0.2, 0) is 0 Å². The van der Waals surface area contributed by atoms with Crippen LogP contribution < -0.4 is 14.8 Å². The predicted molar refractivity (Wildman–Crippen MR) is 141 cm³/mol. The third-order valence-corrected chi connectivity index (χ3v) is 7.52. The molecule has 2 aliphatic rings. The standard InChI is InChI=1S/C28H34N4O2S/c1-2-3-4-5-10-19-35-28-30-27-25(31-32-28)23-13-8-9-14-24(23)29-26(34-27)20-15-17-22(18-16-20)33-21-11-6-7-12-21/h8-9,13-18,21,26,29H,2-7,10-12,19H2,1H3. The van der Waals surface area contributed by atoms with E-state index in [4.69, 9.17) is 14.5 Å². The summed E-state index contributed by atoms with van der Waals surface area (Å²) in [6.45, 7) is 2.24. The van der Waals surface area contributed by atoms with Crippen LogP contribution in [-0.4, -0.2) is 27.0 Å². The van der Waals surface area contributed by atoms with Gasteiger partial charge in [0, 0.05) is 22.6 Å². The molecule has 1 aliphatic heterocycles. The van der Waals surface area contributed by atoms with Gasteiger partial charge in [-0.25, -0.2) is 0 Å². The van der Waals surface area contributed by atoms with Gasteiger partial charge in [0.05, 0.1) is 6.10 Å². The maximum atomic E-state index is 6.42. The zero-order chi connectivity index (χ0) is 23.9. The Morgan fingerprint density at radius 3 is 2.60 bits per heavy atom. The number of rotatable bonds is 10. The van der Waals surface area contributed by atoms with E-state index in [9.17, 15) is 0 Å². The quantitative estimate of drug-likeness (QED) is 0.234. The summed E-state index contributed by atoms with van der Waals surface area (Å²) in [5, 5.41) is 13.1. The van der Waals surface area contributed by atoms with Gasteiger partial charge in [-0.3, -0.25) is 0 Å². The van der Waals surface area contributed by atoms with Gasteiger partial charge in [0.1, 0.15) is 5.75 Å². The number of nitrogens with one attached hydrogen (secondary N) is 1. The monoisotopic (exact) mass is 490 g/mol. The van der Waals surface area contributed by atoms with E-state index in [0.29, 0.717) is 22.8 Å². The molecule has 3 aromatic rings. The second-order valence-corrected chi connectivity index (χ2v) is 10.4. The molecule has 2 heterocycles. The normalized spacial score (nSPS) is 17.1. The number of anilines is 1. The maximum Gasteiger partial charge on any atom is 0.247 e. The van der Waals surface area contributed by atoms with E-state index in [1.54, 1.807) is 11.8 Å². The minimum atomic E-state index is -0.387. The van der Waals surface area contributed by atoms with Gasteiger partial charge < -0.3 is 14.8 Å². The van der Waals surface area contributed by atoms with Crippen LogP contribution in [0.25, 0.3) is 11.3 Å². The van der Waals surface area contributed by atoms with E-state index in [2.05, 4.69) is 34.6 Å². The molecule has 1 aliphatic carbocycles. The van der Waals surface area contributed by atoms with Crippen molar-refractivity contribution in [2.24, 2.45) is 0 Å². The molecule has 0 bridgehead atoms. The molecule has 7 heteroatoms. The van der Waals surface area contributed by atoms with Gasteiger partial charge in [-0.15, -0.1) is 10.2 Å². The molecular formula is C28H34N4O2S. The number of hydrogen-bond acceptors (Lipinski definition) is 7. The van der Waals surface area contributed by atoms with E-state index in [-0.39, 0.29) is 6.23 Å². The summed E-state index contributed by atoms with van der Waals surface area (Å²) in [5.41, 5.74) is 3.58. The Morgan fingerprint density at radius 1 is 0.971 bits per heavy atom. The summed E-state index contributed by atoms with van der Waals surface area (Å²) in [6.07, 6.45) is 11.0. The third kappa shape index (κ3) is 6.07. The van der Waals surface area contributed by atoms with Gasteiger partial charge >= 0.3 is 0 Å². The van der Waals surface area contributed by atoms with E-state index >= 15 is 0 Å². The third-order valence-electron chi connectivity index (χ3n) is 6.60. The van der Waals surface area contributed by atoms with Crippen molar-refractivity contribution in [3.05, 3.63) is 54.1 Å². The van der Waals surface area contributed by atoms with Crippen molar-refractivity contribution in [3.8, 4) is 22.9 Å². The lowest BCUT2D eigenvalue weighted by molar-refractivity contribution is 0.209. The largest absolute Gasteiger partial charge is 0.490 e. The Balaban J connectivity index is 1.33. The van der Waals surface area contributed by atoms with Crippen LogP contribution in [0.1, 0.15) is 76.5 Å². The SMILES string of the molecule is CCCCCCCSc1nnc2c(n1)OC(c1ccc(OC3CCCC3)cc1)Nc1ccccc1-2. The maximum absolute atomic E-state index is 6.42. The highest BCUT2D eigenvalue weighted by Gasteiger charge is 2.26. The Hall–Kier alpha value is -2.80. The van der Waals surface area contributed by atoms with Gasteiger partial charge in [-0.2, -0.15) is 4.98 Å². The number of fused-ring (bicyclic) bond motifs is 3. The van der Waals surface area contributed by atoms with Crippen molar-refractivity contribution in [2.75, 3.05) is 11.1 Å². The van der Waals surface area contributed by atoms with Crippen molar-refractivity contribution in [1.29, 1.82) is 0 Å². The average molecular weight is 491 g/mol. The molecule has 0 amide bonds. The second kappa shape index (κ2) is 11.8. The highest BCUT2D eigenvalue weighted by Crippen LogP contribution is 2.39. The van der Waals surface area contributed by atoms with Crippen LogP contribution in [0.15, 0.2) is 53.7 Å². The number of para-hydroxylation sites is 1. The van der Waals surface area contributed by atoms with Crippen molar-refractivity contribution < 1.29 is 9.47 Å². The molecule has 1 aromatic heterocycles. The van der Waals surface area contributed by atoms with Crippen molar-refractivity contribution >= 4 is 17.4 Å². The fraction of sp³-hybridized carbons (Fsp3) is 0.464. The molecule has 1 saturated carbocycles. The Labute approximate surface area is 212 Å². The van der Waals surface area contributed by atoms with Crippen LogP contribution in [0, 0.1) is 0 Å². The van der Waals surface area contributed by atoms with Gasteiger partial charge in [-0.05, 0) is 62.4 Å². The minimum Gasteiger partial charge on any atom is -0.490 e. The molecule has 0 spiro atoms. The zero-order valence-corrected chi connectivity index (χ0v) is 21.2. The van der Waals surface area contributed by atoms with E-state index in [0.717, 1.165) is 47.6 Å². The number of ether oxygens (including phenoxy) is 2. The van der Waals surface area contributed by atoms with Crippen LogP contribution in [0.4, 0.5) is 5.69 Å². The lowest BCUT2D eigenvalue weighted by Gasteiger charge is -2.20. The summed E-state index contributed by atoms with van der Waals surface area (Å²) in [6, 6.07) is 16.3. The molecule has 1 N–H and O–H groups in total. The molecule has 5 rings (SSSR count). The average Bonchev–Trinajstić information content (AvgIpc) is 3.34. The molecule has 184 valence electrons. The summed E-state index contributed by atoms with van der Waals surface area (Å²) in [7, 11) is 0. The summed E-state index contributed by atoms with van der Waals surface area (Å²) >= 11 is 1.65. The predicted octanol–water partition coefficient (Wildman–Crippen LogP) is 7.43. The number of thioether (sulfide) groups is 1. The molecule has 6 nitrogen and oxygen atoms in total. The molecular weight excluding hydrogens is 456 g/mol. The van der Waals surface area contributed by atoms with Crippen LogP contribution >= 0.6 is 11.8 Å². The van der Waals surface area contributed by atoms with Crippen LogP contribution in [0.5, 0.6) is 11.6 Å². The van der Waals surface area contributed by atoms with Crippen LogP contribution in [0.3, 0.4) is 0 Å². The summed E-state index contributed by atoms with van der Waals surface area (Å²) in [5.74, 6) is 2.42. The van der Waals surface area contributed by atoms with Crippen molar-refractivity contribution in [2.45, 2.75) is 82.2 Å². The first-order chi connectivity index (χ1) is 17.3. The first kappa shape index (κ1) is 23.9. The molecule has 1 fully saturated rings. The first-order valence-electron chi connectivity index (χ1n) is 13.0. The van der Waals surface area contributed by atoms with Gasteiger partial charge in [0.25, 0.3) is 0 Å². The summed E-state index contributed by atoms with van der Waals surface area (Å²) in [4.78, 5) is 4.77. The Kier molecular flexibility index (Phi) is 8.03. The molecule has 35 heavy (non-hydrogen) atoms. The zero-order valence-electron chi connectivity index (χ0n) is 20.4. The summed E-state index contributed by atoms with van der Waals surface area (Å²) < 4.78 is 12.6. The van der Waals surface area contributed by atoms with Crippen LogP contribution in [0.2, 0.25) is 0 Å². The number of hydrogen-bond donors (Lipinski definition) is 1. The van der Waals surface area contributed by atoms with Gasteiger partial charge in [0.2, 0.25) is 11.0 Å². The van der Waals surface area contributed by atoms with E-state index < -0.39 is 0 Å². The number of unbranched alkanes of at least 4 members (excludes halogenated alkanes) is 4. The molecule has 1 atom stereocenters. The lowest BCUT2D eigenvalue weighted by Crippen LogP contribution is -2.17. The van der Waals surface area contributed by atoms with Crippen molar-refractivity contribution in [3.63, 3.8) is 0 Å². The Morgan fingerprint density at radius 2 is 1.77 bits per heavy atom. The lowest BCUT2D eigenvalue weighted by atomic mass is 10.1. The number of aromatic nitrogens is 3. The fourth-order valence-corrected chi connectivity index (χ4v) is 5.43. The topological polar surface area (TPSA) is 69.2 Å². The fourth-order valence-electron chi connectivity index (χ4n) is 4.65. The highest BCUT2D eigenvalue weighted by atomic mass is 32.2.